The Morgan fingerprint density at radius 3 is 1.81 bits per heavy atom. The first-order chi connectivity index (χ1) is 17.6. The smallest absolute Gasteiger partial charge is 0.264 e. The zero-order chi connectivity index (χ0) is 25.5. The van der Waals surface area contributed by atoms with E-state index in [2.05, 4.69) is 11.9 Å². The van der Waals surface area contributed by atoms with Gasteiger partial charge in [0.25, 0.3) is 10.0 Å². The van der Waals surface area contributed by atoms with Gasteiger partial charge in [0.15, 0.2) is 0 Å². The van der Waals surface area contributed by atoms with Crippen molar-refractivity contribution in [3.8, 4) is 0 Å². The maximum atomic E-state index is 13.6. The Morgan fingerprint density at radius 2 is 1.19 bits per heavy atom. The minimum atomic E-state index is -3.67. The summed E-state index contributed by atoms with van der Waals surface area (Å²) in [6, 6.07) is 18.4. The molecule has 0 saturated heterocycles. The van der Waals surface area contributed by atoms with E-state index in [0.717, 1.165) is 30.2 Å². The molecule has 3 rings (SSSR count). The first kappa shape index (κ1) is 28.2. The van der Waals surface area contributed by atoms with Crippen molar-refractivity contribution < 1.29 is 8.42 Å². The summed E-state index contributed by atoms with van der Waals surface area (Å²) in [5.74, 6) is 0. The second-order valence-electron chi connectivity index (χ2n) is 9.84. The van der Waals surface area contributed by atoms with Crippen LogP contribution in [0.1, 0.15) is 96.8 Å². The number of benzene rings is 2. The van der Waals surface area contributed by atoms with Crippen molar-refractivity contribution in [1.82, 2.24) is 4.98 Å². The summed E-state index contributed by atoms with van der Waals surface area (Å²) in [6.07, 6.45) is 19.6. The number of aromatic nitrogens is 1. The van der Waals surface area contributed by atoms with Crippen LogP contribution >= 0.6 is 0 Å². The number of fused-ring (bicyclic) bond motifs is 1. The zero-order valence-corrected chi connectivity index (χ0v) is 22.9. The first-order valence-corrected chi connectivity index (χ1v) is 15.5. The lowest BCUT2D eigenvalue weighted by Crippen LogP contribution is -2.32. The van der Waals surface area contributed by atoms with Gasteiger partial charge in [0.1, 0.15) is 0 Å². The Bertz CT molecular complexity index is 1110. The molecular formula is C31H44N2O2S. The third-order valence-corrected chi connectivity index (χ3v) is 8.75. The van der Waals surface area contributed by atoms with Crippen LogP contribution in [0.5, 0.6) is 0 Å². The Morgan fingerprint density at radius 1 is 0.639 bits per heavy atom. The molecule has 0 aliphatic carbocycles. The maximum Gasteiger partial charge on any atom is 0.264 e. The summed E-state index contributed by atoms with van der Waals surface area (Å²) in [5.41, 5.74) is 1.39. The van der Waals surface area contributed by atoms with Crippen LogP contribution in [0.3, 0.4) is 0 Å². The number of pyridine rings is 1. The standard InChI is InChI=1S/C31H44N2O2S/c1-2-3-4-5-6-7-8-9-10-11-12-13-14-18-27-33(36(34,35)29-23-16-15-17-24-29)30-25-19-21-28-22-20-26-32-31(28)30/h15-17,19-26H,2-14,18,27H2,1H3. The van der Waals surface area contributed by atoms with E-state index in [0.29, 0.717) is 17.1 Å². The number of sulfonamides is 1. The third kappa shape index (κ3) is 8.62. The molecule has 2 aromatic carbocycles. The van der Waals surface area contributed by atoms with E-state index in [1.54, 1.807) is 34.8 Å². The molecule has 0 fully saturated rings. The van der Waals surface area contributed by atoms with E-state index in [4.69, 9.17) is 0 Å². The lowest BCUT2D eigenvalue weighted by molar-refractivity contribution is 0.535. The van der Waals surface area contributed by atoms with Crippen LogP contribution in [-0.2, 0) is 10.0 Å². The zero-order valence-electron chi connectivity index (χ0n) is 22.1. The Labute approximate surface area is 219 Å². The highest BCUT2D eigenvalue weighted by Gasteiger charge is 2.26. The molecule has 0 amide bonds. The van der Waals surface area contributed by atoms with E-state index >= 15 is 0 Å². The molecule has 0 radical (unpaired) electrons. The molecule has 4 nitrogen and oxygen atoms in total. The molecule has 1 heterocycles. The van der Waals surface area contributed by atoms with E-state index in [1.807, 2.05) is 36.4 Å². The second kappa shape index (κ2) is 15.7. The molecule has 0 aliphatic rings. The lowest BCUT2D eigenvalue weighted by atomic mass is 10.0. The van der Waals surface area contributed by atoms with E-state index in [9.17, 15) is 8.42 Å². The highest BCUT2D eigenvalue weighted by Crippen LogP contribution is 2.30. The Balaban J connectivity index is 1.48. The topological polar surface area (TPSA) is 50.3 Å². The van der Waals surface area contributed by atoms with Gasteiger partial charge in [-0.15, -0.1) is 0 Å². The Hall–Kier alpha value is -2.40. The monoisotopic (exact) mass is 508 g/mol. The molecule has 0 unspecified atom stereocenters. The van der Waals surface area contributed by atoms with Gasteiger partial charge in [-0.3, -0.25) is 9.29 Å². The average molecular weight is 509 g/mol. The van der Waals surface area contributed by atoms with Gasteiger partial charge in [0.2, 0.25) is 0 Å². The number of unbranched alkanes of at least 4 members (excludes halogenated alkanes) is 13. The van der Waals surface area contributed by atoms with Crippen molar-refractivity contribution in [3.63, 3.8) is 0 Å². The molecule has 0 N–H and O–H groups in total. The molecule has 5 heteroatoms. The SMILES string of the molecule is CCCCCCCCCCCCCCCCN(c1cccc2cccnc12)S(=O)(=O)c1ccccc1. The summed E-state index contributed by atoms with van der Waals surface area (Å²) in [6.45, 7) is 2.73. The number of hydrogen-bond donors (Lipinski definition) is 0. The van der Waals surface area contributed by atoms with E-state index in [-0.39, 0.29) is 0 Å². The maximum absolute atomic E-state index is 13.6. The summed E-state index contributed by atoms with van der Waals surface area (Å²) in [4.78, 5) is 4.84. The van der Waals surface area contributed by atoms with Crippen LogP contribution in [-0.4, -0.2) is 19.9 Å². The summed E-state index contributed by atoms with van der Waals surface area (Å²) in [7, 11) is -3.67. The molecule has 0 bridgehead atoms. The predicted octanol–water partition coefficient (Wildman–Crippen LogP) is 8.91. The number of hydrogen-bond acceptors (Lipinski definition) is 3. The Kier molecular flexibility index (Phi) is 12.3. The van der Waals surface area contributed by atoms with Gasteiger partial charge in [-0.2, -0.15) is 0 Å². The highest BCUT2D eigenvalue weighted by atomic mass is 32.2. The average Bonchev–Trinajstić information content (AvgIpc) is 2.91. The third-order valence-electron chi connectivity index (χ3n) is 6.93. The van der Waals surface area contributed by atoms with Gasteiger partial charge >= 0.3 is 0 Å². The van der Waals surface area contributed by atoms with Crippen molar-refractivity contribution >= 4 is 26.6 Å². The second-order valence-corrected chi connectivity index (χ2v) is 11.7. The summed E-state index contributed by atoms with van der Waals surface area (Å²) in [5, 5.41) is 0.948. The van der Waals surface area contributed by atoms with Crippen molar-refractivity contribution in [2.24, 2.45) is 0 Å². The van der Waals surface area contributed by atoms with Gasteiger partial charge in [-0.05, 0) is 30.7 Å². The largest absolute Gasteiger partial charge is 0.264 e. The molecular weight excluding hydrogens is 464 g/mol. The molecule has 0 atom stereocenters. The van der Waals surface area contributed by atoms with Gasteiger partial charge < -0.3 is 0 Å². The fraction of sp³-hybridized carbons (Fsp3) is 0.516. The van der Waals surface area contributed by atoms with Crippen LogP contribution in [0.2, 0.25) is 0 Å². The van der Waals surface area contributed by atoms with Gasteiger partial charge in [0, 0.05) is 18.1 Å². The van der Waals surface area contributed by atoms with E-state index in [1.165, 1.54) is 70.6 Å². The normalized spacial score (nSPS) is 11.7. The number of nitrogens with zero attached hydrogens (tertiary/aromatic N) is 2. The molecule has 36 heavy (non-hydrogen) atoms. The fourth-order valence-electron chi connectivity index (χ4n) is 4.83. The molecule has 0 saturated carbocycles. The van der Waals surface area contributed by atoms with Crippen LogP contribution in [0, 0.1) is 0 Å². The highest BCUT2D eigenvalue weighted by molar-refractivity contribution is 7.92. The first-order valence-electron chi connectivity index (χ1n) is 14.1. The minimum absolute atomic E-state index is 0.322. The fourth-order valence-corrected chi connectivity index (χ4v) is 6.36. The van der Waals surface area contributed by atoms with Crippen LogP contribution < -0.4 is 4.31 Å². The van der Waals surface area contributed by atoms with Gasteiger partial charge in [-0.25, -0.2) is 8.42 Å². The number of para-hydroxylation sites is 1. The molecule has 3 aromatic rings. The predicted molar refractivity (Wildman–Crippen MR) is 153 cm³/mol. The quantitative estimate of drug-likeness (QED) is 0.161. The minimum Gasteiger partial charge on any atom is -0.264 e. The molecule has 196 valence electrons. The van der Waals surface area contributed by atoms with Crippen LogP contribution in [0.15, 0.2) is 71.8 Å². The van der Waals surface area contributed by atoms with Crippen molar-refractivity contribution in [2.75, 3.05) is 10.8 Å². The number of anilines is 1. The van der Waals surface area contributed by atoms with Crippen molar-refractivity contribution in [2.45, 2.75) is 102 Å². The van der Waals surface area contributed by atoms with Crippen LogP contribution in [0.4, 0.5) is 5.69 Å². The summed E-state index contributed by atoms with van der Waals surface area (Å²) >= 11 is 0. The molecule has 0 spiro atoms. The van der Waals surface area contributed by atoms with Gasteiger partial charge in [0.05, 0.1) is 16.1 Å². The van der Waals surface area contributed by atoms with Crippen molar-refractivity contribution in [3.05, 3.63) is 66.9 Å². The number of rotatable bonds is 18. The van der Waals surface area contributed by atoms with E-state index < -0.39 is 10.0 Å². The summed E-state index contributed by atoms with van der Waals surface area (Å²) < 4.78 is 28.8. The molecule has 1 aromatic heterocycles. The molecule has 0 aliphatic heterocycles. The van der Waals surface area contributed by atoms with Crippen molar-refractivity contribution in [1.29, 1.82) is 0 Å². The van der Waals surface area contributed by atoms with Gasteiger partial charge in [-0.1, -0.05) is 127 Å². The lowest BCUT2D eigenvalue weighted by Gasteiger charge is -2.25. The van der Waals surface area contributed by atoms with Crippen LogP contribution in [0.25, 0.3) is 10.9 Å².